The molecule has 2 aliphatic rings. The second kappa shape index (κ2) is 19.5. The number of carbonyl (C=O) groups is 3. The maximum absolute atomic E-state index is 14.3. The molecule has 6 heterocycles. The zero-order valence-electron chi connectivity index (χ0n) is 36.0. The van der Waals surface area contributed by atoms with Gasteiger partial charge in [0.1, 0.15) is 46.0 Å². The third kappa shape index (κ3) is 8.66. The largest absolute Gasteiger partial charge is 0.495 e. The molecule has 2 aliphatic heterocycles. The first-order valence-corrected chi connectivity index (χ1v) is 24.3. The fourth-order valence-corrected chi connectivity index (χ4v) is 12.9. The van der Waals surface area contributed by atoms with Crippen LogP contribution in [0.5, 0.6) is 11.5 Å². The number of benzene rings is 3. The number of alkyl carbamates (subject to hydrolysis) is 1. The number of thiophene rings is 2. The second-order valence-electron chi connectivity index (χ2n) is 14.9. The third-order valence-corrected chi connectivity index (χ3v) is 16.0. The maximum Gasteiger partial charge on any atom is 0.407 e. The normalized spacial score (nSPS) is 17.3. The Labute approximate surface area is 390 Å². The number of ether oxygens (including phenoxy) is 5. The minimum Gasteiger partial charge on any atom is -0.495 e. The number of fused-ring (bicyclic) bond motifs is 2. The summed E-state index contributed by atoms with van der Waals surface area (Å²) in [5, 5.41) is 6.99. The van der Waals surface area contributed by atoms with Crippen molar-refractivity contribution in [2.24, 2.45) is 0 Å². The van der Waals surface area contributed by atoms with Crippen molar-refractivity contribution < 1.29 is 38.1 Å². The number of carbonyl (C=O) groups excluding carboxylic acids is 3. The van der Waals surface area contributed by atoms with E-state index >= 15 is 0 Å². The molecular formula is C45H46N8O8S4. The molecular weight excluding hydrogens is 909 g/mol. The summed E-state index contributed by atoms with van der Waals surface area (Å²) in [5.41, 5.74) is 3.05. The standard InChI is InChI=1S/C45H46N8O8S4/c1-57-34-26-20-30(28-22-46-38(48-28)42-52(16-18-62-42)40(54)32(50-44(56)59-3)24-12-8-6-9-13-24)64-36(26)35(58-2)27-21-31(65-37(27)34)29-23-47-39(49-29)43-53(17-19-63-43)41(55)33(51-45(60-4)61-5)25-14-10-7-11-15-25/h6-15,20-23,32-33,42-43,45,51H,16-19H2,1-5H3,(H,46,48)(H,47,49)(H,50,56)/t32?,33?,42-,43-/m0/s1. The summed E-state index contributed by atoms with van der Waals surface area (Å²) in [6.07, 6.45) is 2.12. The Morgan fingerprint density at radius 2 is 1.14 bits per heavy atom. The molecule has 4 aromatic heterocycles. The predicted molar refractivity (Wildman–Crippen MR) is 254 cm³/mol. The minimum absolute atomic E-state index is 0.109. The van der Waals surface area contributed by atoms with Gasteiger partial charge in [-0.15, -0.1) is 46.2 Å². The number of H-pyrrole nitrogens is 2. The lowest BCUT2D eigenvalue weighted by atomic mass is 10.1. The molecule has 20 heteroatoms. The van der Waals surface area contributed by atoms with Gasteiger partial charge in [-0.05, 0) is 23.3 Å². The second-order valence-corrected chi connectivity index (χ2v) is 19.4. The molecule has 16 nitrogen and oxygen atoms in total. The molecule has 4 atom stereocenters. The molecule has 0 bridgehead atoms. The van der Waals surface area contributed by atoms with Crippen molar-refractivity contribution in [3.63, 3.8) is 0 Å². The molecule has 7 aromatic rings. The van der Waals surface area contributed by atoms with Crippen molar-refractivity contribution in [3.05, 3.63) is 108 Å². The highest BCUT2D eigenvalue weighted by atomic mass is 32.2. The van der Waals surface area contributed by atoms with E-state index < -0.39 is 30.0 Å². The summed E-state index contributed by atoms with van der Waals surface area (Å²) in [7, 11) is 7.66. The Bertz CT molecular complexity index is 2750. The molecule has 3 amide bonds. The van der Waals surface area contributed by atoms with Crippen LogP contribution in [0.3, 0.4) is 0 Å². The first-order valence-electron chi connectivity index (χ1n) is 20.6. The predicted octanol–water partition coefficient (Wildman–Crippen LogP) is 8.07. The van der Waals surface area contributed by atoms with Crippen molar-refractivity contribution in [3.8, 4) is 32.6 Å². The summed E-state index contributed by atoms with van der Waals surface area (Å²) in [4.78, 5) is 62.7. The number of aromatic amines is 2. The van der Waals surface area contributed by atoms with E-state index in [-0.39, 0.29) is 17.2 Å². The molecule has 2 fully saturated rings. The Kier molecular flexibility index (Phi) is 13.4. The minimum atomic E-state index is -0.925. The molecule has 65 heavy (non-hydrogen) atoms. The van der Waals surface area contributed by atoms with Gasteiger partial charge in [-0.1, -0.05) is 60.7 Å². The van der Waals surface area contributed by atoms with Gasteiger partial charge in [-0.2, -0.15) is 0 Å². The van der Waals surface area contributed by atoms with E-state index in [2.05, 4.69) is 32.7 Å². The highest BCUT2D eigenvalue weighted by molar-refractivity contribution is 8.00. The van der Waals surface area contributed by atoms with Gasteiger partial charge in [0.15, 0.2) is 0 Å². The van der Waals surface area contributed by atoms with E-state index in [1.54, 1.807) is 71.5 Å². The Hall–Kier alpha value is -5.61. The Balaban J connectivity index is 0.980. The molecule has 2 saturated heterocycles. The fraction of sp³-hybridized carbons (Fsp3) is 0.311. The van der Waals surface area contributed by atoms with E-state index in [4.69, 9.17) is 33.7 Å². The number of nitrogens with zero attached hydrogens (tertiary/aromatic N) is 4. The van der Waals surface area contributed by atoms with Crippen LogP contribution in [0, 0.1) is 0 Å². The van der Waals surface area contributed by atoms with Crippen LogP contribution >= 0.6 is 46.2 Å². The van der Waals surface area contributed by atoms with Crippen LogP contribution in [0.2, 0.25) is 0 Å². The van der Waals surface area contributed by atoms with Crippen molar-refractivity contribution >= 4 is 84.3 Å². The number of hydrogen-bond donors (Lipinski definition) is 4. The van der Waals surface area contributed by atoms with Gasteiger partial charge in [-0.25, -0.2) is 14.8 Å². The lowest BCUT2D eigenvalue weighted by molar-refractivity contribution is -0.149. The molecule has 4 N–H and O–H groups in total. The molecule has 338 valence electrons. The van der Waals surface area contributed by atoms with Gasteiger partial charge >= 0.3 is 6.09 Å². The van der Waals surface area contributed by atoms with E-state index in [0.29, 0.717) is 36.1 Å². The number of methoxy groups -OCH3 is 5. The van der Waals surface area contributed by atoms with Gasteiger partial charge < -0.3 is 48.8 Å². The molecule has 2 unspecified atom stereocenters. The van der Waals surface area contributed by atoms with E-state index in [0.717, 1.165) is 64.1 Å². The smallest absolute Gasteiger partial charge is 0.407 e. The maximum atomic E-state index is 14.3. The van der Waals surface area contributed by atoms with Crippen LogP contribution < -0.4 is 20.1 Å². The molecule has 0 saturated carbocycles. The number of imidazole rings is 2. The van der Waals surface area contributed by atoms with E-state index in [1.807, 2.05) is 71.8 Å². The van der Waals surface area contributed by atoms with Gasteiger partial charge in [0.2, 0.25) is 12.3 Å². The summed E-state index contributed by atoms with van der Waals surface area (Å²) in [6.45, 7) is 1.04. The van der Waals surface area contributed by atoms with Crippen LogP contribution in [-0.2, 0) is 23.8 Å². The van der Waals surface area contributed by atoms with Crippen molar-refractivity contribution in [1.82, 2.24) is 40.4 Å². The number of nitrogens with one attached hydrogen (secondary N) is 4. The number of aromatic nitrogens is 4. The SMILES string of the molecule is COC(=O)NC(C(=O)N1CCS[C@H]1c1ncc(-c2cc3c(OC)c4sc(-c5cnc([C@@H]6SCCN6C(=O)C(NC(OC)OC)c6ccccc6)[nH]5)cc4c(OC)c3s2)[nH]1)c1ccccc1. The first-order chi connectivity index (χ1) is 31.7. The first kappa shape index (κ1) is 44.6. The van der Waals surface area contributed by atoms with Crippen LogP contribution in [0.4, 0.5) is 4.79 Å². The zero-order chi connectivity index (χ0) is 45.2. The monoisotopic (exact) mass is 954 g/mol. The highest BCUT2D eigenvalue weighted by Gasteiger charge is 2.39. The molecule has 0 radical (unpaired) electrons. The van der Waals surface area contributed by atoms with Crippen LogP contribution in [0.1, 0.15) is 45.6 Å². The van der Waals surface area contributed by atoms with E-state index in [1.165, 1.54) is 21.3 Å². The average molecular weight is 955 g/mol. The average Bonchev–Trinajstić information content (AvgIpc) is 4.20. The number of rotatable bonds is 15. The fourth-order valence-electron chi connectivity index (χ4n) is 8.16. The van der Waals surface area contributed by atoms with Gasteiger partial charge in [0.05, 0.1) is 64.3 Å². The summed E-state index contributed by atoms with van der Waals surface area (Å²) >= 11 is 6.38. The quantitative estimate of drug-likeness (QED) is 0.0725. The van der Waals surface area contributed by atoms with Gasteiger partial charge in [-0.3, -0.25) is 14.9 Å². The van der Waals surface area contributed by atoms with Crippen molar-refractivity contribution in [2.45, 2.75) is 29.2 Å². The number of amides is 3. The van der Waals surface area contributed by atoms with Gasteiger partial charge in [0, 0.05) is 49.6 Å². The molecule has 3 aromatic carbocycles. The lowest BCUT2D eigenvalue weighted by Crippen LogP contribution is -2.45. The topological polar surface area (TPSA) is 185 Å². The highest BCUT2D eigenvalue weighted by Crippen LogP contribution is 2.52. The molecule has 9 rings (SSSR count). The van der Waals surface area contributed by atoms with Crippen LogP contribution in [0.15, 0.2) is 85.2 Å². The third-order valence-electron chi connectivity index (χ3n) is 11.3. The van der Waals surface area contributed by atoms with Crippen LogP contribution in [-0.4, -0.2) is 114 Å². The molecule has 0 spiro atoms. The van der Waals surface area contributed by atoms with E-state index in [9.17, 15) is 14.4 Å². The summed E-state index contributed by atoms with van der Waals surface area (Å²) in [5.74, 6) is 3.84. The Morgan fingerprint density at radius 3 is 1.58 bits per heavy atom. The number of hydrogen-bond acceptors (Lipinski definition) is 15. The summed E-state index contributed by atoms with van der Waals surface area (Å²) < 4.78 is 29.8. The van der Waals surface area contributed by atoms with Crippen molar-refractivity contribution in [1.29, 1.82) is 0 Å². The zero-order valence-corrected chi connectivity index (χ0v) is 39.3. The molecule has 0 aliphatic carbocycles. The summed E-state index contributed by atoms with van der Waals surface area (Å²) in [6, 6.07) is 21.2. The Morgan fingerprint density at radius 1 is 0.677 bits per heavy atom. The number of thioether (sulfide) groups is 2. The van der Waals surface area contributed by atoms with Crippen LogP contribution in [0.25, 0.3) is 41.3 Å². The van der Waals surface area contributed by atoms with Crippen molar-refractivity contribution in [2.75, 3.05) is 60.1 Å². The van der Waals surface area contributed by atoms with Gasteiger partial charge in [0.25, 0.3) is 5.91 Å². The lowest BCUT2D eigenvalue weighted by Gasteiger charge is -2.30.